The highest BCUT2D eigenvalue weighted by molar-refractivity contribution is 5.82. The first-order chi connectivity index (χ1) is 11.1. The zero-order chi connectivity index (χ0) is 16.7. The fraction of sp³-hybridized carbons (Fsp3) is 0.588. The van der Waals surface area contributed by atoms with Crippen molar-refractivity contribution >= 4 is 5.91 Å². The van der Waals surface area contributed by atoms with Gasteiger partial charge in [0.2, 0.25) is 5.91 Å². The average molecular weight is 322 g/mol. The molecule has 1 heterocycles. The highest BCUT2D eigenvalue weighted by Gasteiger charge is 2.27. The third-order valence-electron chi connectivity index (χ3n) is 3.87. The maximum Gasteiger partial charge on any atom is 0.237 e. The summed E-state index contributed by atoms with van der Waals surface area (Å²) in [5, 5.41) is 15.3. The second-order valence-corrected chi connectivity index (χ2v) is 5.76. The number of unbranched alkanes of at least 4 members (excludes halogenated alkanes) is 1. The molecule has 2 unspecified atom stereocenters. The van der Waals surface area contributed by atoms with Crippen LogP contribution < -0.4 is 20.1 Å². The Morgan fingerprint density at radius 2 is 2.26 bits per heavy atom. The lowest BCUT2D eigenvalue weighted by atomic mass is 10.1. The van der Waals surface area contributed by atoms with E-state index in [1.807, 2.05) is 18.2 Å². The van der Waals surface area contributed by atoms with E-state index < -0.39 is 6.10 Å². The normalized spacial score (nSPS) is 20.3. The number of methoxy groups -OCH3 is 1. The number of ether oxygens (including phenoxy) is 2. The van der Waals surface area contributed by atoms with Crippen LogP contribution in [0.4, 0.5) is 0 Å². The van der Waals surface area contributed by atoms with Crippen molar-refractivity contribution in [2.24, 2.45) is 0 Å². The standard InChI is InChI=1S/C17H26N2O4/c1-3-4-7-23-15-6-5-12(8-16(15)22-2)10-19-17(21)14-9-13(20)11-18-14/h5-6,8,13-14,18,20H,3-4,7,9-11H2,1-2H3,(H,19,21). The summed E-state index contributed by atoms with van der Waals surface area (Å²) in [6.07, 6.45) is 2.10. The lowest BCUT2D eigenvalue weighted by Gasteiger charge is -2.14. The van der Waals surface area contributed by atoms with E-state index in [-0.39, 0.29) is 11.9 Å². The Labute approximate surface area is 137 Å². The van der Waals surface area contributed by atoms with Gasteiger partial charge in [0.15, 0.2) is 11.5 Å². The summed E-state index contributed by atoms with van der Waals surface area (Å²) < 4.78 is 11.0. The van der Waals surface area contributed by atoms with Crippen LogP contribution in [0.15, 0.2) is 18.2 Å². The van der Waals surface area contributed by atoms with Crippen molar-refractivity contribution in [2.45, 2.75) is 44.9 Å². The average Bonchev–Trinajstić information content (AvgIpc) is 3.00. The van der Waals surface area contributed by atoms with Crippen molar-refractivity contribution in [1.29, 1.82) is 0 Å². The Balaban J connectivity index is 1.88. The first kappa shape index (κ1) is 17.6. The molecule has 3 N–H and O–H groups in total. The maximum atomic E-state index is 12.0. The lowest BCUT2D eigenvalue weighted by Crippen LogP contribution is -2.40. The van der Waals surface area contributed by atoms with Gasteiger partial charge < -0.3 is 25.2 Å². The number of amides is 1. The number of carbonyl (C=O) groups excluding carboxylic acids is 1. The van der Waals surface area contributed by atoms with E-state index in [2.05, 4.69) is 17.6 Å². The zero-order valence-corrected chi connectivity index (χ0v) is 13.8. The van der Waals surface area contributed by atoms with E-state index in [4.69, 9.17) is 9.47 Å². The quantitative estimate of drug-likeness (QED) is 0.627. The predicted octanol–water partition coefficient (Wildman–Crippen LogP) is 1.21. The van der Waals surface area contributed by atoms with Crippen LogP contribution in [-0.4, -0.2) is 43.4 Å². The highest BCUT2D eigenvalue weighted by atomic mass is 16.5. The van der Waals surface area contributed by atoms with Crippen LogP contribution in [0.3, 0.4) is 0 Å². The minimum Gasteiger partial charge on any atom is -0.493 e. The summed E-state index contributed by atoms with van der Waals surface area (Å²) in [7, 11) is 1.61. The monoisotopic (exact) mass is 322 g/mol. The van der Waals surface area contributed by atoms with Gasteiger partial charge in [0.25, 0.3) is 0 Å². The van der Waals surface area contributed by atoms with Crippen molar-refractivity contribution < 1.29 is 19.4 Å². The maximum absolute atomic E-state index is 12.0. The SMILES string of the molecule is CCCCOc1ccc(CNC(=O)C2CC(O)CN2)cc1OC. The molecule has 128 valence electrons. The molecule has 1 aromatic carbocycles. The van der Waals surface area contributed by atoms with E-state index >= 15 is 0 Å². The second-order valence-electron chi connectivity index (χ2n) is 5.76. The summed E-state index contributed by atoms with van der Waals surface area (Å²) >= 11 is 0. The van der Waals surface area contributed by atoms with Gasteiger partial charge in [-0.25, -0.2) is 0 Å². The largest absolute Gasteiger partial charge is 0.493 e. The summed E-state index contributed by atoms with van der Waals surface area (Å²) in [5.41, 5.74) is 0.941. The summed E-state index contributed by atoms with van der Waals surface area (Å²) in [5.74, 6) is 1.29. The number of carbonyl (C=O) groups is 1. The van der Waals surface area contributed by atoms with Crippen molar-refractivity contribution in [3.05, 3.63) is 23.8 Å². The molecule has 6 nitrogen and oxygen atoms in total. The van der Waals surface area contributed by atoms with Crippen LogP contribution in [0.1, 0.15) is 31.7 Å². The van der Waals surface area contributed by atoms with Gasteiger partial charge in [-0.15, -0.1) is 0 Å². The molecule has 2 rings (SSSR count). The number of hydrogen-bond donors (Lipinski definition) is 3. The minimum absolute atomic E-state index is 0.0937. The fourth-order valence-electron chi connectivity index (χ4n) is 2.50. The Bertz CT molecular complexity index is 521. The number of hydrogen-bond acceptors (Lipinski definition) is 5. The Kier molecular flexibility index (Phi) is 6.67. The summed E-state index contributed by atoms with van der Waals surface area (Å²) in [4.78, 5) is 12.0. The molecular weight excluding hydrogens is 296 g/mol. The molecule has 0 aromatic heterocycles. The lowest BCUT2D eigenvalue weighted by molar-refractivity contribution is -0.123. The van der Waals surface area contributed by atoms with Gasteiger partial charge in [-0.05, 0) is 30.5 Å². The Morgan fingerprint density at radius 1 is 1.43 bits per heavy atom. The molecular formula is C17H26N2O4. The Morgan fingerprint density at radius 3 is 2.91 bits per heavy atom. The van der Waals surface area contributed by atoms with Gasteiger partial charge in [0.1, 0.15) is 0 Å². The number of aliphatic hydroxyl groups excluding tert-OH is 1. The molecule has 1 amide bonds. The first-order valence-electron chi connectivity index (χ1n) is 8.13. The van der Waals surface area contributed by atoms with E-state index in [9.17, 15) is 9.90 Å². The molecule has 0 aliphatic carbocycles. The third-order valence-corrected chi connectivity index (χ3v) is 3.87. The molecule has 2 atom stereocenters. The van der Waals surface area contributed by atoms with E-state index in [0.717, 1.165) is 24.2 Å². The van der Waals surface area contributed by atoms with E-state index in [1.54, 1.807) is 7.11 Å². The molecule has 0 saturated carbocycles. The van der Waals surface area contributed by atoms with Crippen molar-refractivity contribution in [1.82, 2.24) is 10.6 Å². The van der Waals surface area contributed by atoms with Crippen LogP contribution in [-0.2, 0) is 11.3 Å². The van der Waals surface area contributed by atoms with E-state index in [0.29, 0.717) is 31.9 Å². The molecule has 1 saturated heterocycles. The molecule has 23 heavy (non-hydrogen) atoms. The van der Waals surface area contributed by atoms with Gasteiger partial charge in [-0.2, -0.15) is 0 Å². The second kappa shape index (κ2) is 8.74. The number of benzene rings is 1. The van der Waals surface area contributed by atoms with Gasteiger partial charge >= 0.3 is 0 Å². The van der Waals surface area contributed by atoms with Crippen molar-refractivity contribution in [3.8, 4) is 11.5 Å². The zero-order valence-electron chi connectivity index (χ0n) is 13.8. The topological polar surface area (TPSA) is 79.8 Å². The van der Waals surface area contributed by atoms with E-state index in [1.165, 1.54) is 0 Å². The van der Waals surface area contributed by atoms with Gasteiger partial charge in [0, 0.05) is 13.1 Å². The van der Waals surface area contributed by atoms with Crippen LogP contribution in [0.2, 0.25) is 0 Å². The molecule has 1 aliphatic rings. The molecule has 6 heteroatoms. The molecule has 1 fully saturated rings. The number of aliphatic hydroxyl groups is 1. The van der Waals surface area contributed by atoms with Crippen molar-refractivity contribution in [2.75, 3.05) is 20.3 Å². The summed E-state index contributed by atoms with van der Waals surface area (Å²) in [6, 6.07) is 5.34. The van der Waals surface area contributed by atoms with Crippen molar-refractivity contribution in [3.63, 3.8) is 0 Å². The minimum atomic E-state index is -0.439. The predicted molar refractivity (Wildman–Crippen MR) is 87.7 cm³/mol. The molecule has 1 aliphatic heterocycles. The van der Waals surface area contributed by atoms with Crippen LogP contribution in [0.5, 0.6) is 11.5 Å². The van der Waals surface area contributed by atoms with Gasteiger partial charge in [-0.1, -0.05) is 19.4 Å². The molecule has 0 spiro atoms. The Hall–Kier alpha value is -1.79. The van der Waals surface area contributed by atoms with Gasteiger partial charge in [-0.3, -0.25) is 4.79 Å². The number of rotatable bonds is 8. The highest BCUT2D eigenvalue weighted by Crippen LogP contribution is 2.28. The third kappa shape index (κ3) is 5.11. The van der Waals surface area contributed by atoms with Crippen LogP contribution in [0.25, 0.3) is 0 Å². The molecule has 1 aromatic rings. The van der Waals surface area contributed by atoms with Crippen LogP contribution in [0, 0.1) is 0 Å². The van der Waals surface area contributed by atoms with Crippen LogP contribution >= 0.6 is 0 Å². The first-order valence-corrected chi connectivity index (χ1v) is 8.13. The summed E-state index contributed by atoms with van der Waals surface area (Å²) in [6.45, 7) is 3.66. The smallest absolute Gasteiger partial charge is 0.237 e. The molecule has 0 radical (unpaired) electrons. The molecule has 0 bridgehead atoms. The number of β-amino-alcohol motifs (C(OH)–C–C–N with tert-alkyl or cyclic N) is 1. The van der Waals surface area contributed by atoms with Gasteiger partial charge in [0.05, 0.1) is 25.9 Å². The fourth-order valence-corrected chi connectivity index (χ4v) is 2.50. The number of nitrogens with one attached hydrogen (secondary N) is 2.